The molecule has 0 aromatic heterocycles. The lowest BCUT2D eigenvalue weighted by Crippen LogP contribution is -2.24. The van der Waals surface area contributed by atoms with Gasteiger partial charge < -0.3 is 5.73 Å². The van der Waals surface area contributed by atoms with E-state index < -0.39 is 0 Å². The van der Waals surface area contributed by atoms with Gasteiger partial charge in [-0.15, -0.1) is 0 Å². The summed E-state index contributed by atoms with van der Waals surface area (Å²) in [5, 5.41) is 8.85. The first-order valence-electron chi connectivity index (χ1n) is 19.3. The Morgan fingerprint density at radius 1 is 0.463 bits per heavy atom. The standard InChI is InChI=1S/C10H19N.C10H15N.C10H18.C9H16/c2*11-7-9-6-5-8-3-1-2-4-10(8)9;1-8-6-7-9-4-2-3-5-10(8)9;1-2-5-9-7-3-6-8(9)4-1/h8-10H,1-7,11H2;8-10H,1-6H2;8-10H,2-7H2,1H3;8-9H,1-7H2. The van der Waals surface area contributed by atoms with Crippen LogP contribution in [-0.2, 0) is 0 Å². The molecule has 234 valence electrons. The molecule has 0 heterocycles. The second-order valence-corrected chi connectivity index (χ2v) is 16.3. The van der Waals surface area contributed by atoms with Crippen molar-refractivity contribution < 1.29 is 0 Å². The topological polar surface area (TPSA) is 49.8 Å². The van der Waals surface area contributed by atoms with Crippen molar-refractivity contribution in [3.63, 3.8) is 0 Å². The van der Waals surface area contributed by atoms with Crippen molar-refractivity contribution in [1.29, 1.82) is 5.26 Å². The third-order valence-electron chi connectivity index (χ3n) is 14.2. The van der Waals surface area contributed by atoms with Crippen LogP contribution in [-0.4, -0.2) is 6.54 Å². The lowest BCUT2D eigenvalue weighted by atomic mass is 9.78. The molecular formula is C39H68N2. The zero-order chi connectivity index (χ0) is 28.4. The minimum absolute atomic E-state index is 0.417. The second-order valence-electron chi connectivity index (χ2n) is 16.3. The van der Waals surface area contributed by atoms with E-state index >= 15 is 0 Å². The van der Waals surface area contributed by atoms with Crippen molar-refractivity contribution in [3.05, 3.63) is 0 Å². The van der Waals surface area contributed by atoms with Gasteiger partial charge in [-0.05, 0) is 117 Å². The van der Waals surface area contributed by atoms with E-state index in [1.807, 2.05) is 0 Å². The molecular weight excluding hydrogens is 496 g/mol. The average Bonchev–Trinajstić information content (AvgIpc) is 3.84. The molecule has 0 amide bonds. The SMILES string of the molecule is C1CCC2CCCC2C1.CC1CCC2CCCCC12.N#CC1CCC2CCCCC12.NCC1CCC2CCCCC12. The summed E-state index contributed by atoms with van der Waals surface area (Å²) in [6, 6.07) is 2.46. The van der Waals surface area contributed by atoms with Crippen molar-refractivity contribution in [2.45, 2.75) is 167 Å². The minimum atomic E-state index is 0.417. The fourth-order valence-corrected chi connectivity index (χ4v) is 11.8. The van der Waals surface area contributed by atoms with Gasteiger partial charge in [0.1, 0.15) is 0 Å². The molecule has 8 fully saturated rings. The summed E-state index contributed by atoms with van der Waals surface area (Å²) in [6.45, 7) is 3.40. The van der Waals surface area contributed by atoms with Gasteiger partial charge in [-0.1, -0.05) is 116 Å². The van der Waals surface area contributed by atoms with Crippen LogP contribution in [0.1, 0.15) is 167 Å². The highest BCUT2D eigenvalue weighted by Gasteiger charge is 2.38. The Kier molecular flexibility index (Phi) is 12.8. The van der Waals surface area contributed by atoms with Crippen LogP contribution < -0.4 is 5.73 Å². The molecule has 0 aliphatic heterocycles. The number of nitrogens with zero attached hydrogens (tertiary/aromatic N) is 1. The highest BCUT2D eigenvalue weighted by molar-refractivity contribution is 4.97. The predicted octanol–water partition coefficient (Wildman–Crippen LogP) is 11.1. The van der Waals surface area contributed by atoms with E-state index in [4.69, 9.17) is 11.0 Å². The molecule has 0 aromatic carbocycles. The van der Waals surface area contributed by atoms with Crippen LogP contribution in [0, 0.1) is 76.4 Å². The Morgan fingerprint density at radius 2 is 0.902 bits per heavy atom. The molecule has 8 saturated carbocycles. The van der Waals surface area contributed by atoms with Crippen LogP contribution in [0.5, 0.6) is 0 Å². The zero-order valence-corrected chi connectivity index (χ0v) is 27.3. The summed E-state index contributed by atoms with van der Waals surface area (Å²) in [5.41, 5.74) is 5.74. The van der Waals surface area contributed by atoms with Crippen LogP contribution >= 0.6 is 0 Å². The molecule has 0 radical (unpaired) electrons. The molecule has 2 heteroatoms. The predicted molar refractivity (Wildman–Crippen MR) is 174 cm³/mol. The van der Waals surface area contributed by atoms with Crippen LogP contribution in [0.2, 0.25) is 0 Å². The number of hydrogen-bond donors (Lipinski definition) is 1. The zero-order valence-electron chi connectivity index (χ0n) is 27.3. The number of nitriles is 1. The van der Waals surface area contributed by atoms with Crippen molar-refractivity contribution in [2.24, 2.45) is 70.8 Å². The molecule has 8 aliphatic rings. The van der Waals surface area contributed by atoms with Gasteiger partial charge >= 0.3 is 0 Å². The van der Waals surface area contributed by atoms with Crippen LogP contribution in [0.4, 0.5) is 0 Å². The summed E-state index contributed by atoms with van der Waals surface area (Å²) in [6.07, 6.45) is 36.9. The van der Waals surface area contributed by atoms with Crippen molar-refractivity contribution in [2.75, 3.05) is 6.54 Å². The third-order valence-corrected chi connectivity index (χ3v) is 14.2. The van der Waals surface area contributed by atoms with E-state index in [1.165, 1.54) is 127 Å². The molecule has 8 aliphatic carbocycles. The summed E-state index contributed by atoms with van der Waals surface area (Å²) >= 11 is 0. The number of rotatable bonds is 1. The maximum absolute atomic E-state index is 8.85. The summed E-state index contributed by atoms with van der Waals surface area (Å²) in [7, 11) is 0. The lowest BCUT2D eigenvalue weighted by Gasteiger charge is -2.28. The Bertz CT molecular complexity index is 765. The number of nitrogens with two attached hydrogens (primary N) is 1. The minimum Gasteiger partial charge on any atom is -0.330 e. The number of fused-ring (bicyclic) bond motifs is 4. The van der Waals surface area contributed by atoms with Gasteiger partial charge in [0.05, 0.1) is 6.07 Å². The summed E-state index contributed by atoms with van der Waals surface area (Å²) < 4.78 is 0. The van der Waals surface area contributed by atoms with Gasteiger partial charge in [0, 0.05) is 5.92 Å². The van der Waals surface area contributed by atoms with E-state index in [2.05, 4.69) is 13.0 Å². The Hall–Kier alpha value is -0.550. The highest BCUT2D eigenvalue weighted by Crippen LogP contribution is 2.47. The van der Waals surface area contributed by atoms with Gasteiger partial charge in [0.15, 0.2) is 0 Å². The third kappa shape index (κ3) is 8.55. The van der Waals surface area contributed by atoms with Crippen LogP contribution in [0.3, 0.4) is 0 Å². The first-order valence-corrected chi connectivity index (χ1v) is 19.3. The Balaban J connectivity index is 0.000000110. The quantitative estimate of drug-likeness (QED) is 0.344. The molecule has 0 spiro atoms. The van der Waals surface area contributed by atoms with Gasteiger partial charge in [0.2, 0.25) is 0 Å². The lowest BCUT2D eigenvalue weighted by molar-refractivity contribution is 0.231. The molecule has 0 bridgehead atoms. The number of hydrogen-bond acceptors (Lipinski definition) is 2. The smallest absolute Gasteiger partial charge is 0.0658 e. The summed E-state index contributed by atoms with van der Waals surface area (Å²) in [4.78, 5) is 0. The largest absolute Gasteiger partial charge is 0.330 e. The maximum Gasteiger partial charge on any atom is 0.0658 e. The van der Waals surface area contributed by atoms with Gasteiger partial charge in [-0.25, -0.2) is 0 Å². The molecule has 11 atom stereocenters. The normalized spacial score (nSPS) is 44.2. The first kappa shape index (κ1) is 31.9. The fourth-order valence-electron chi connectivity index (χ4n) is 11.8. The van der Waals surface area contributed by atoms with Gasteiger partial charge in [-0.2, -0.15) is 5.26 Å². The average molecular weight is 565 g/mol. The molecule has 2 nitrogen and oxygen atoms in total. The summed E-state index contributed by atoms with van der Waals surface area (Å²) in [5.74, 6) is 10.8. The van der Waals surface area contributed by atoms with E-state index in [9.17, 15) is 0 Å². The second kappa shape index (κ2) is 16.5. The van der Waals surface area contributed by atoms with Crippen molar-refractivity contribution in [1.82, 2.24) is 0 Å². The van der Waals surface area contributed by atoms with E-state index in [0.29, 0.717) is 5.92 Å². The van der Waals surface area contributed by atoms with E-state index in [1.54, 1.807) is 44.9 Å². The maximum atomic E-state index is 8.85. The van der Waals surface area contributed by atoms with E-state index in [0.717, 1.165) is 53.9 Å². The monoisotopic (exact) mass is 565 g/mol. The molecule has 0 saturated heterocycles. The molecule has 0 aromatic rings. The first-order chi connectivity index (χ1) is 20.2. The Morgan fingerprint density at radius 3 is 1.49 bits per heavy atom. The van der Waals surface area contributed by atoms with Crippen LogP contribution in [0.25, 0.3) is 0 Å². The van der Waals surface area contributed by atoms with Gasteiger partial charge in [0.25, 0.3) is 0 Å². The molecule has 8 rings (SSSR count). The van der Waals surface area contributed by atoms with Crippen molar-refractivity contribution in [3.8, 4) is 6.07 Å². The van der Waals surface area contributed by atoms with E-state index in [-0.39, 0.29) is 0 Å². The molecule has 41 heavy (non-hydrogen) atoms. The fraction of sp³-hybridized carbons (Fsp3) is 0.974. The molecule has 2 N–H and O–H groups in total. The highest BCUT2D eigenvalue weighted by atomic mass is 14.6. The van der Waals surface area contributed by atoms with Crippen molar-refractivity contribution >= 4 is 0 Å². The molecule has 11 unspecified atom stereocenters. The Labute approximate surface area is 255 Å². The van der Waals surface area contributed by atoms with Crippen LogP contribution in [0.15, 0.2) is 0 Å². The van der Waals surface area contributed by atoms with Gasteiger partial charge in [-0.3, -0.25) is 0 Å².